The Kier molecular flexibility index (Phi) is 3.75. The van der Waals surface area contributed by atoms with Gasteiger partial charge in [-0.05, 0) is 18.6 Å². The van der Waals surface area contributed by atoms with Gasteiger partial charge in [-0.15, -0.1) is 0 Å². The van der Waals surface area contributed by atoms with Crippen LogP contribution >= 0.6 is 0 Å². The number of hydrogen-bond acceptors (Lipinski definition) is 4. The summed E-state index contributed by atoms with van der Waals surface area (Å²) in [5, 5.41) is 4.05. The number of rotatable bonds is 4. The fourth-order valence-electron chi connectivity index (χ4n) is 2.45. The molecule has 0 radical (unpaired) electrons. The van der Waals surface area contributed by atoms with E-state index in [1.807, 2.05) is 6.92 Å². The zero-order valence-electron chi connectivity index (χ0n) is 12.4. The van der Waals surface area contributed by atoms with E-state index in [0.717, 1.165) is 6.42 Å². The lowest BCUT2D eigenvalue weighted by Gasteiger charge is -2.19. The molecule has 5 nitrogen and oxygen atoms in total. The van der Waals surface area contributed by atoms with E-state index < -0.39 is 11.7 Å². The van der Waals surface area contributed by atoms with E-state index in [0.29, 0.717) is 17.9 Å². The quantitative estimate of drug-likeness (QED) is 0.872. The van der Waals surface area contributed by atoms with Crippen LogP contribution in [0, 0.1) is 5.82 Å². The van der Waals surface area contributed by atoms with Gasteiger partial charge in [0, 0.05) is 25.0 Å². The van der Waals surface area contributed by atoms with Crippen LogP contribution in [0.2, 0.25) is 0 Å². The monoisotopic (exact) mass is 301 g/mol. The minimum absolute atomic E-state index is 0.00930. The minimum atomic E-state index is -0.614. The van der Waals surface area contributed by atoms with Crippen molar-refractivity contribution in [2.45, 2.75) is 19.3 Å². The molecule has 3 rings (SSSR count). The first-order valence-corrected chi connectivity index (χ1v) is 7.14. The first kappa shape index (κ1) is 14.4. The van der Waals surface area contributed by atoms with Crippen molar-refractivity contribution in [2.75, 3.05) is 6.61 Å². The van der Waals surface area contributed by atoms with Crippen molar-refractivity contribution in [2.24, 2.45) is 12.0 Å². The molecule has 1 unspecified atom stereocenters. The number of fused-ring (bicyclic) bond motifs is 1. The van der Waals surface area contributed by atoms with Crippen LogP contribution in [-0.2, 0) is 7.05 Å². The second kappa shape index (κ2) is 5.71. The summed E-state index contributed by atoms with van der Waals surface area (Å²) in [4.78, 5) is 16.9. The molecule has 0 aliphatic carbocycles. The highest BCUT2D eigenvalue weighted by atomic mass is 19.1. The number of benzene rings is 1. The Morgan fingerprint density at radius 1 is 1.41 bits per heavy atom. The average Bonchev–Trinajstić information content (AvgIpc) is 2.93. The number of nitrogens with zero attached hydrogens (tertiary/aromatic N) is 3. The third-order valence-electron chi connectivity index (χ3n) is 3.52. The van der Waals surface area contributed by atoms with Crippen LogP contribution in [0.15, 0.2) is 29.5 Å². The lowest BCUT2D eigenvalue weighted by molar-refractivity contribution is 0.0978. The summed E-state index contributed by atoms with van der Waals surface area (Å²) in [5.74, 6) is -1.07. The van der Waals surface area contributed by atoms with E-state index in [4.69, 9.17) is 4.74 Å². The van der Waals surface area contributed by atoms with E-state index >= 15 is 0 Å². The first-order chi connectivity index (χ1) is 10.6. The predicted octanol–water partition coefficient (Wildman–Crippen LogP) is 3.03. The molecule has 0 spiro atoms. The maximum atomic E-state index is 14.1. The third kappa shape index (κ3) is 2.41. The molecule has 1 aromatic heterocycles. The van der Waals surface area contributed by atoms with Crippen molar-refractivity contribution in [1.29, 1.82) is 0 Å². The fraction of sp³-hybridized carbons (Fsp3) is 0.312. The van der Waals surface area contributed by atoms with Gasteiger partial charge >= 0.3 is 0 Å². The largest absolute Gasteiger partial charge is 0.491 e. The summed E-state index contributed by atoms with van der Waals surface area (Å²) in [6, 6.07) is 2.77. The number of halogens is 1. The lowest BCUT2D eigenvalue weighted by Crippen LogP contribution is -2.19. The van der Waals surface area contributed by atoms with Crippen LogP contribution in [0.3, 0.4) is 0 Å². The predicted molar refractivity (Wildman–Crippen MR) is 80.6 cm³/mol. The number of ether oxygens (including phenoxy) is 1. The standard InChI is InChI=1S/C16H16FN3O2/c1-3-6-22-13-5-4-12(17)14-15(13)18-8-11(16(14)21)10-7-19-20(2)9-10/h4-5,7-9,11H,3,6H2,1-2H3. The van der Waals surface area contributed by atoms with Gasteiger partial charge in [-0.1, -0.05) is 6.92 Å². The molecular weight excluding hydrogens is 285 g/mol. The van der Waals surface area contributed by atoms with E-state index in [2.05, 4.69) is 10.1 Å². The smallest absolute Gasteiger partial charge is 0.181 e. The Hall–Kier alpha value is -2.50. The summed E-state index contributed by atoms with van der Waals surface area (Å²) in [7, 11) is 1.76. The average molecular weight is 301 g/mol. The number of hydrogen-bond donors (Lipinski definition) is 0. The highest BCUT2D eigenvalue weighted by Gasteiger charge is 2.31. The summed E-state index contributed by atoms with van der Waals surface area (Å²) >= 11 is 0. The molecule has 0 saturated carbocycles. The lowest BCUT2D eigenvalue weighted by atomic mass is 9.90. The molecule has 22 heavy (non-hydrogen) atoms. The van der Waals surface area contributed by atoms with Gasteiger partial charge in [-0.2, -0.15) is 5.10 Å². The van der Waals surface area contributed by atoms with Gasteiger partial charge in [0.2, 0.25) is 0 Å². The van der Waals surface area contributed by atoms with Gasteiger partial charge < -0.3 is 4.74 Å². The van der Waals surface area contributed by atoms with Crippen molar-refractivity contribution in [3.63, 3.8) is 0 Å². The summed E-state index contributed by atoms with van der Waals surface area (Å²) in [5.41, 5.74) is 0.963. The molecule has 0 N–H and O–H groups in total. The second-order valence-corrected chi connectivity index (χ2v) is 5.19. The molecule has 0 saturated heterocycles. The number of Topliss-reactive ketones (excluding diaryl/α,β-unsaturated/α-hetero) is 1. The van der Waals surface area contributed by atoms with Crippen molar-refractivity contribution in [3.05, 3.63) is 41.5 Å². The molecule has 1 aromatic carbocycles. The van der Waals surface area contributed by atoms with Gasteiger partial charge in [-0.25, -0.2) is 4.39 Å². The third-order valence-corrected chi connectivity index (χ3v) is 3.52. The Bertz CT molecular complexity index is 752. The second-order valence-electron chi connectivity index (χ2n) is 5.19. The van der Waals surface area contributed by atoms with E-state index in [-0.39, 0.29) is 17.0 Å². The van der Waals surface area contributed by atoms with Gasteiger partial charge in [-0.3, -0.25) is 14.5 Å². The highest BCUT2D eigenvalue weighted by Crippen LogP contribution is 2.39. The van der Waals surface area contributed by atoms with Crippen LogP contribution in [0.5, 0.6) is 5.75 Å². The molecule has 0 bridgehead atoms. The fourth-order valence-corrected chi connectivity index (χ4v) is 2.45. The van der Waals surface area contributed by atoms with Gasteiger partial charge in [0.15, 0.2) is 5.78 Å². The zero-order valence-corrected chi connectivity index (χ0v) is 12.4. The molecule has 6 heteroatoms. The number of aromatic nitrogens is 2. The summed E-state index contributed by atoms with van der Waals surface area (Å²) < 4.78 is 21.3. The number of carbonyl (C=O) groups excluding carboxylic acids is 1. The molecule has 1 aliphatic heterocycles. The Morgan fingerprint density at radius 3 is 2.91 bits per heavy atom. The van der Waals surface area contributed by atoms with Crippen LogP contribution < -0.4 is 4.74 Å². The number of aliphatic imine (C=N–C) groups is 1. The number of ketones is 1. The van der Waals surface area contributed by atoms with E-state index in [1.54, 1.807) is 24.1 Å². The van der Waals surface area contributed by atoms with Crippen LogP contribution in [0.25, 0.3) is 0 Å². The van der Waals surface area contributed by atoms with Gasteiger partial charge in [0.05, 0.1) is 24.3 Å². The van der Waals surface area contributed by atoms with Crippen molar-refractivity contribution < 1.29 is 13.9 Å². The molecule has 1 atom stereocenters. The van der Waals surface area contributed by atoms with Crippen LogP contribution in [0.1, 0.15) is 35.2 Å². The number of aryl methyl sites for hydroxylation is 1. The SMILES string of the molecule is CCCOc1ccc(F)c2c1N=CC(c1cnn(C)c1)C2=O. The van der Waals surface area contributed by atoms with Crippen LogP contribution in [-0.4, -0.2) is 28.4 Å². The zero-order chi connectivity index (χ0) is 15.7. The molecule has 2 heterocycles. The first-order valence-electron chi connectivity index (χ1n) is 7.14. The summed E-state index contributed by atoms with van der Waals surface area (Å²) in [6.45, 7) is 2.47. The minimum Gasteiger partial charge on any atom is -0.491 e. The van der Waals surface area contributed by atoms with E-state index in [9.17, 15) is 9.18 Å². The molecule has 114 valence electrons. The van der Waals surface area contributed by atoms with Gasteiger partial charge in [0.25, 0.3) is 0 Å². The summed E-state index contributed by atoms with van der Waals surface area (Å²) in [6.07, 6.45) is 5.67. The normalized spacial score (nSPS) is 16.7. The van der Waals surface area contributed by atoms with Gasteiger partial charge in [0.1, 0.15) is 17.3 Å². The van der Waals surface area contributed by atoms with E-state index in [1.165, 1.54) is 18.3 Å². The Morgan fingerprint density at radius 2 is 2.23 bits per heavy atom. The molecule has 2 aromatic rings. The maximum Gasteiger partial charge on any atom is 0.181 e. The van der Waals surface area contributed by atoms with Crippen molar-refractivity contribution in [3.8, 4) is 5.75 Å². The molecular formula is C16H16FN3O2. The van der Waals surface area contributed by atoms with Crippen molar-refractivity contribution >= 4 is 17.7 Å². The highest BCUT2D eigenvalue weighted by molar-refractivity contribution is 6.16. The molecule has 0 fully saturated rings. The Labute approximate surface area is 127 Å². The maximum absolute atomic E-state index is 14.1. The topological polar surface area (TPSA) is 56.5 Å². The van der Waals surface area contributed by atoms with Crippen LogP contribution in [0.4, 0.5) is 10.1 Å². The number of carbonyl (C=O) groups is 1. The Balaban J connectivity index is 2.03. The molecule has 1 aliphatic rings. The van der Waals surface area contributed by atoms with Crippen molar-refractivity contribution in [1.82, 2.24) is 9.78 Å². The molecule has 0 amide bonds.